The molecule has 2 saturated heterocycles. The van der Waals surface area contributed by atoms with Crippen LogP contribution in [0, 0.1) is 0 Å². The van der Waals surface area contributed by atoms with Crippen LogP contribution in [0.1, 0.15) is 59.4 Å². The van der Waals surface area contributed by atoms with Crippen molar-refractivity contribution in [2.45, 2.75) is 38.5 Å². The van der Waals surface area contributed by atoms with Crippen molar-refractivity contribution >= 4 is 11.8 Å². The van der Waals surface area contributed by atoms with Gasteiger partial charge in [-0.3, -0.25) is 14.6 Å². The molecule has 0 atom stereocenters. The minimum absolute atomic E-state index is 0.0170. The van der Waals surface area contributed by atoms with Crippen LogP contribution in [-0.4, -0.2) is 52.8 Å². The van der Waals surface area contributed by atoms with Crippen molar-refractivity contribution in [3.05, 3.63) is 29.6 Å². The van der Waals surface area contributed by atoms with Gasteiger partial charge in [0, 0.05) is 32.4 Å². The minimum atomic E-state index is -0.0170. The highest BCUT2D eigenvalue weighted by Crippen LogP contribution is 2.15. The van der Waals surface area contributed by atoms with Gasteiger partial charge in [-0.1, -0.05) is 0 Å². The minimum Gasteiger partial charge on any atom is -0.339 e. The van der Waals surface area contributed by atoms with E-state index in [4.69, 9.17) is 0 Å². The van der Waals surface area contributed by atoms with Gasteiger partial charge < -0.3 is 9.80 Å². The summed E-state index contributed by atoms with van der Waals surface area (Å²) in [5.74, 6) is 0.0147. The van der Waals surface area contributed by atoms with E-state index in [-0.39, 0.29) is 11.8 Å². The van der Waals surface area contributed by atoms with Gasteiger partial charge in [-0.15, -0.1) is 0 Å². The summed E-state index contributed by atoms with van der Waals surface area (Å²) in [5, 5.41) is 0. The number of pyridine rings is 1. The van der Waals surface area contributed by atoms with E-state index >= 15 is 0 Å². The van der Waals surface area contributed by atoms with Gasteiger partial charge >= 0.3 is 0 Å². The summed E-state index contributed by atoms with van der Waals surface area (Å²) in [6.45, 7) is 3.28. The SMILES string of the molecule is O=C(c1ccc(C(=O)N2CCCCC2)nc1)N1CCCCC1. The molecule has 0 unspecified atom stereocenters. The summed E-state index contributed by atoms with van der Waals surface area (Å²) in [5.41, 5.74) is 1.02. The van der Waals surface area contributed by atoms with Crippen molar-refractivity contribution in [1.29, 1.82) is 0 Å². The quantitative estimate of drug-likeness (QED) is 0.842. The maximum Gasteiger partial charge on any atom is 0.272 e. The van der Waals surface area contributed by atoms with Gasteiger partial charge in [0.05, 0.1) is 5.56 Å². The second kappa shape index (κ2) is 6.90. The van der Waals surface area contributed by atoms with Crippen molar-refractivity contribution in [2.24, 2.45) is 0 Å². The largest absolute Gasteiger partial charge is 0.339 e. The van der Waals surface area contributed by atoms with Gasteiger partial charge in [0.2, 0.25) is 0 Å². The van der Waals surface area contributed by atoms with Crippen LogP contribution in [0.3, 0.4) is 0 Å². The van der Waals surface area contributed by atoms with Crippen molar-refractivity contribution < 1.29 is 9.59 Å². The van der Waals surface area contributed by atoms with Crippen molar-refractivity contribution in [1.82, 2.24) is 14.8 Å². The highest BCUT2D eigenvalue weighted by atomic mass is 16.2. The van der Waals surface area contributed by atoms with E-state index in [2.05, 4.69) is 4.98 Å². The second-order valence-corrected chi connectivity index (χ2v) is 6.14. The van der Waals surface area contributed by atoms with E-state index in [1.807, 2.05) is 9.80 Å². The Morgan fingerprint density at radius 3 is 1.82 bits per heavy atom. The van der Waals surface area contributed by atoms with E-state index in [0.717, 1.165) is 51.9 Å². The molecular weight excluding hydrogens is 278 g/mol. The number of amides is 2. The summed E-state index contributed by atoms with van der Waals surface area (Å²) in [4.78, 5) is 32.7. The molecule has 2 aliphatic heterocycles. The zero-order chi connectivity index (χ0) is 15.4. The van der Waals surface area contributed by atoms with E-state index in [1.165, 1.54) is 12.8 Å². The number of nitrogens with zero attached hydrogens (tertiary/aromatic N) is 3. The Morgan fingerprint density at radius 1 is 0.773 bits per heavy atom. The number of likely N-dealkylation sites (tertiary alicyclic amines) is 2. The van der Waals surface area contributed by atoms with Crippen molar-refractivity contribution in [3.8, 4) is 0 Å². The molecule has 2 fully saturated rings. The average molecular weight is 301 g/mol. The molecule has 5 heteroatoms. The average Bonchev–Trinajstić information content (AvgIpc) is 2.62. The van der Waals surface area contributed by atoms with Crippen LogP contribution in [-0.2, 0) is 0 Å². The fourth-order valence-electron chi connectivity index (χ4n) is 3.19. The molecule has 5 nitrogen and oxygen atoms in total. The number of hydrogen-bond acceptors (Lipinski definition) is 3. The highest BCUT2D eigenvalue weighted by Gasteiger charge is 2.21. The molecule has 1 aromatic heterocycles. The lowest BCUT2D eigenvalue weighted by Gasteiger charge is -2.27. The Morgan fingerprint density at radius 2 is 1.32 bits per heavy atom. The van der Waals surface area contributed by atoms with Crippen molar-refractivity contribution in [2.75, 3.05) is 26.2 Å². The summed E-state index contributed by atoms with van der Waals surface area (Å²) < 4.78 is 0. The molecule has 0 bridgehead atoms. The maximum atomic E-state index is 12.4. The number of rotatable bonds is 2. The van der Waals surface area contributed by atoms with Gasteiger partial charge in [0.15, 0.2) is 0 Å². The molecule has 0 N–H and O–H groups in total. The molecule has 118 valence electrons. The summed E-state index contributed by atoms with van der Waals surface area (Å²) in [6, 6.07) is 3.43. The standard InChI is InChI=1S/C17H23N3O2/c21-16(19-9-3-1-4-10-19)14-7-8-15(18-13-14)17(22)20-11-5-2-6-12-20/h7-8,13H,1-6,9-12H2. The number of aromatic nitrogens is 1. The first-order valence-electron chi connectivity index (χ1n) is 8.30. The number of piperidine rings is 2. The maximum absolute atomic E-state index is 12.4. The van der Waals surface area contributed by atoms with Crippen LogP contribution in [0.4, 0.5) is 0 Å². The Bertz CT molecular complexity index is 480. The topological polar surface area (TPSA) is 53.5 Å². The van der Waals surface area contributed by atoms with Crippen LogP contribution in [0.15, 0.2) is 18.3 Å². The lowest BCUT2D eigenvalue weighted by Crippen LogP contribution is -2.37. The monoisotopic (exact) mass is 301 g/mol. The van der Waals surface area contributed by atoms with E-state index in [9.17, 15) is 9.59 Å². The van der Waals surface area contributed by atoms with Gasteiger partial charge in [-0.25, -0.2) is 0 Å². The second-order valence-electron chi connectivity index (χ2n) is 6.14. The smallest absolute Gasteiger partial charge is 0.272 e. The molecule has 1 aromatic rings. The summed E-state index contributed by atoms with van der Waals surface area (Å²) >= 11 is 0. The molecule has 0 aliphatic carbocycles. The lowest BCUT2D eigenvalue weighted by molar-refractivity contribution is 0.0707. The predicted molar refractivity (Wildman–Crippen MR) is 83.7 cm³/mol. The van der Waals surface area contributed by atoms with Crippen LogP contribution in [0.5, 0.6) is 0 Å². The van der Waals surface area contributed by atoms with Crippen LogP contribution in [0.25, 0.3) is 0 Å². The summed E-state index contributed by atoms with van der Waals surface area (Å²) in [7, 11) is 0. The molecule has 2 amide bonds. The third-order valence-corrected chi connectivity index (χ3v) is 4.52. The van der Waals surface area contributed by atoms with Gasteiger partial charge in [-0.2, -0.15) is 0 Å². The zero-order valence-electron chi connectivity index (χ0n) is 13.0. The first-order valence-corrected chi connectivity index (χ1v) is 8.30. The van der Waals surface area contributed by atoms with Crippen LogP contribution >= 0.6 is 0 Å². The zero-order valence-corrected chi connectivity index (χ0v) is 13.0. The Kier molecular flexibility index (Phi) is 4.71. The Balaban J connectivity index is 1.66. The number of carbonyl (C=O) groups excluding carboxylic acids is 2. The van der Waals surface area contributed by atoms with E-state index in [0.29, 0.717) is 11.3 Å². The van der Waals surface area contributed by atoms with Gasteiger partial charge in [0.25, 0.3) is 11.8 Å². The first-order chi connectivity index (χ1) is 10.8. The fourth-order valence-corrected chi connectivity index (χ4v) is 3.19. The Labute approximate surface area is 131 Å². The molecular formula is C17H23N3O2. The first kappa shape index (κ1) is 15.0. The molecule has 0 aromatic carbocycles. The molecule has 3 heterocycles. The third-order valence-electron chi connectivity index (χ3n) is 4.52. The van der Waals surface area contributed by atoms with Gasteiger partial charge in [0.1, 0.15) is 5.69 Å². The fraction of sp³-hybridized carbons (Fsp3) is 0.588. The van der Waals surface area contributed by atoms with E-state index in [1.54, 1.807) is 18.3 Å². The highest BCUT2D eigenvalue weighted by molar-refractivity contribution is 5.96. The normalized spacial score (nSPS) is 19.1. The van der Waals surface area contributed by atoms with Crippen LogP contribution in [0.2, 0.25) is 0 Å². The van der Waals surface area contributed by atoms with Crippen molar-refractivity contribution in [3.63, 3.8) is 0 Å². The predicted octanol–water partition coefficient (Wildman–Crippen LogP) is 2.33. The summed E-state index contributed by atoms with van der Waals surface area (Å²) in [6.07, 6.45) is 8.23. The van der Waals surface area contributed by atoms with Gasteiger partial charge in [-0.05, 0) is 50.7 Å². The number of hydrogen-bond donors (Lipinski definition) is 0. The molecule has 0 saturated carbocycles. The Hall–Kier alpha value is -1.91. The van der Waals surface area contributed by atoms with Crippen LogP contribution < -0.4 is 0 Å². The van der Waals surface area contributed by atoms with E-state index < -0.39 is 0 Å². The number of carbonyl (C=O) groups is 2. The molecule has 3 rings (SSSR count). The molecule has 0 radical (unpaired) electrons. The lowest BCUT2D eigenvalue weighted by atomic mass is 10.1. The molecule has 22 heavy (non-hydrogen) atoms. The molecule has 0 spiro atoms. The molecule has 2 aliphatic rings. The third kappa shape index (κ3) is 3.29.